The topological polar surface area (TPSA) is 67.8 Å². The number of amides is 1. The third-order valence-corrected chi connectivity index (χ3v) is 2.22. The van der Waals surface area contributed by atoms with Crippen molar-refractivity contribution >= 4 is 27.8 Å². The Balaban J connectivity index is 2.83. The van der Waals surface area contributed by atoms with E-state index in [1.807, 2.05) is 13.8 Å². The van der Waals surface area contributed by atoms with Gasteiger partial charge in [-0.05, 0) is 27.7 Å². The van der Waals surface area contributed by atoms with Crippen molar-refractivity contribution in [1.29, 1.82) is 0 Å². The summed E-state index contributed by atoms with van der Waals surface area (Å²) < 4.78 is -0.644. The highest BCUT2D eigenvalue weighted by molar-refractivity contribution is 9.10. The fourth-order valence-corrected chi connectivity index (χ4v) is 0.859. The lowest BCUT2D eigenvalue weighted by Crippen LogP contribution is -2.31. The van der Waals surface area contributed by atoms with Crippen molar-refractivity contribution in [2.45, 2.75) is 32.0 Å². The Labute approximate surface area is 96.8 Å². The summed E-state index contributed by atoms with van der Waals surface area (Å²) in [6.45, 7) is 7.13. The maximum atomic E-state index is 11.6. The second-order valence-corrected chi connectivity index (χ2v) is 5.72. The van der Waals surface area contributed by atoms with Crippen LogP contribution in [0.4, 0.5) is 5.95 Å². The molecule has 1 N–H and O–H groups in total. The predicted molar refractivity (Wildman–Crippen MR) is 60.9 cm³/mol. The zero-order valence-electron chi connectivity index (χ0n) is 9.13. The van der Waals surface area contributed by atoms with Crippen molar-refractivity contribution in [2.24, 2.45) is 0 Å². The van der Waals surface area contributed by atoms with Crippen LogP contribution in [0, 0.1) is 13.8 Å². The second-order valence-electron chi connectivity index (χ2n) is 3.73. The Morgan fingerprint density at radius 3 is 2.33 bits per heavy atom. The van der Waals surface area contributed by atoms with E-state index in [-0.39, 0.29) is 11.9 Å². The van der Waals surface area contributed by atoms with Crippen molar-refractivity contribution in [2.75, 3.05) is 5.32 Å². The van der Waals surface area contributed by atoms with Gasteiger partial charge < -0.3 is 0 Å². The molecule has 1 aromatic rings. The first-order chi connectivity index (χ1) is 6.80. The Morgan fingerprint density at radius 1 is 1.27 bits per heavy atom. The summed E-state index contributed by atoms with van der Waals surface area (Å²) in [6, 6.07) is 0. The minimum atomic E-state index is -0.644. The number of aryl methyl sites for hydroxylation is 2. The molecule has 0 saturated heterocycles. The van der Waals surface area contributed by atoms with E-state index in [1.54, 1.807) is 13.8 Å². The van der Waals surface area contributed by atoms with Gasteiger partial charge in [-0.3, -0.25) is 10.1 Å². The molecule has 0 aliphatic heterocycles. The van der Waals surface area contributed by atoms with Gasteiger partial charge in [0.25, 0.3) is 0 Å². The number of anilines is 1. The van der Waals surface area contributed by atoms with Gasteiger partial charge in [0.2, 0.25) is 11.9 Å². The molecule has 0 aliphatic rings. The molecule has 0 unspecified atom stereocenters. The summed E-state index contributed by atoms with van der Waals surface area (Å²) in [7, 11) is 0. The van der Waals surface area contributed by atoms with Crippen LogP contribution in [0.5, 0.6) is 0 Å². The summed E-state index contributed by atoms with van der Waals surface area (Å²) in [5.41, 5.74) is 1.51. The number of rotatable bonds is 2. The molecule has 5 nitrogen and oxygen atoms in total. The van der Waals surface area contributed by atoms with E-state index >= 15 is 0 Å². The van der Waals surface area contributed by atoms with Crippen LogP contribution in [0.25, 0.3) is 0 Å². The number of carbonyl (C=O) groups is 1. The fourth-order valence-electron chi connectivity index (χ4n) is 0.760. The highest BCUT2D eigenvalue weighted by Crippen LogP contribution is 2.17. The van der Waals surface area contributed by atoms with Crippen LogP contribution in [-0.2, 0) is 4.79 Å². The van der Waals surface area contributed by atoms with E-state index in [9.17, 15) is 4.79 Å². The molecule has 0 aromatic carbocycles. The maximum Gasteiger partial charge on any atom is 0.249 e. The zero-order valence-corrected chi connectivity index (χ0v) is 10.7. The average molecular weight is 273 g/mol. The maximum absolute atomic E-state index is 11.6. The van der Waals surface area contributed by atoms with Crippen molar-refractivity contribution in [3.8, 4) is 0 Å². The number of hydrogen-bond acceptors (Lipinski definition) is 4. The molecule has 15 heavy (non-hydrogen) atoms. The summed E-state index contributed by atoms with van der Waals surface area (Å²) >= 11 is 3.25. The first-order valence-corrected chi connectivity index (χ1v) is 5.28. The van der Waals surface area contributed by atoms with E-state index < -0.39 is 4.32 Å². The fraction of sp³-hybridized carbons (Fsp3) is 0.556. The van der Waals surface area contributed by atoms with Gasteiger partial charge >= 0.3 is 0 Å². The molecule has 0 spiro atoms. The number of carbonyl (C=O) groups excluding carboxylic acids is 1. The van der Waals surface area contributed by atoms with Gasteiger partial charge in [0, 0.05) is 0 Å². The van der Waals surface area contributed by atoms with Crippen molar-refractivity contribution < 1.29 is 4.79 Å². The molecule has 1 aromatic heterocycles. The Hall–Kier alpha value is -1.04. The van der Waals surface area contributed by atoms with Gasteiger partial charge in [0.15, 0.2) is 0 Å². The molecular weight excluding hydrogens is 260 g/mol. The minimum absolute atomic E-state index is 0.201. The number of aromatic nitrogens is 3. The van der Waals surface area contributed by atoms with Crippen LogP contribution in [0.2, 0.25) is 0 Å². The minimum Gasteiger partial charge on any atom is -0.292 e. The number of nitrogens with zero attached hydrogens (tertiary/aromatic N) is 3. The average Bonchev–Trinajstić information content (AvgIpc) is 2.10. The number of hydrogen-bond donors (Lipinski definition) is 1. The summed E-state index contributed by atoms with van der Waals surface area (Å²) in [6.07, 6.45) is 0. The molecule has 0 fully saturated rings. The summed E-state index contributed by atoms with van der Waals surface area (Å²) in [5, 5.41) is 10.2. The molecule has 1 rings (SSSR count). The molecule has 82 valence electrons. The van der Waals surface area contributed by atoms with Crippen LogP contribution >= 0.6 is 15.9 Å². The summed E-state index contributed by atoms with van der Waals surface area (Å²) in [5.74, 6) is 0.0307. The van der Waals surface area contributed by atoms with Gasteiger partial charge in [-0.15, -0.1) is 5.10 Å². The standard InChI is InChI=1S/C9H13BrN4O/c1-5-6(2)13-14-8(11-5)12-7(15)9(3,4)10/h1-4H3,(H,11,12,14,15). The largest absolute Gasteiger partial charge is 0.292 e. The number of alkyl halides is 1. The van der Waals surface area contributed by atoms with Crippen LogP contribution in [0.3, 0.4) is 0 Å². The second kappa shape index (κ2) is 4.22. The highest BCUT2D eigenvalue weighted by atomic mass is 79.9. The highest BCUT2D eigenvalue weighted by Gasteiger charge is 2.24. The third-order valence-electron chi connectivity index (χ3n) is 1.86. The number of halogens is 1. The zero-order chi connectivity index (χ0) is 11.6. The van der Waals surface area contributed by atoms with Crippen LogP contribution < -0.4 is 5.32 Å². The van der Waals surface area contributed by atoms with E-state index in [2.05, 4.69) is 36.4 Å². The van der Waals surface area contributed by atoms with E-state index in [0.717, 1.165) is 11.4 Å². The van der Waals surface area contributed by atoms with E-state index in [4.69, 9.17) is 0 Å². The Bertz CT molecular complexity index is 386. The quantitative estimate of drug-likeness (QED) is 0.831. The van der Waals surface area contributed by atoms with Crippen molar-refractivity contribution in [1.82, 2.24) is 15.2 Å². The van der Waals surface area contributed by atoms with Gasteiger partial charge in [0.05, 0.1) is 15.7 Å². The molecule has 0 atom stereocenters. The molecule has 0 aliphatic carbocycles. The molecule has 0 saturated carbocycles. The molecule has 6 heteroatoms. The third kappa shape index (κ3) is 3.23. The van der Waals surface area contributed by atoms with E-state index in [0.29, 0.717) is 0 Å². The SMILES string of the molecule is Cc1nnc(NC(=O)C(C)(C)Br)nc1C. The van der Waals surface area contributed by atoms with Gasteiger partial charge in [-0.2, -0.15) is 5.10 Å². The monoisotopic (exact) mass is 272 g/mol. The van der Waals surface area contributed by atoms with Gasteiger partial charge in [-0.25, -0.2) is 4.98 Å². The molecule has 0 radical (unpaired) electrons. The predicted octanol–water partition coefficient (Wildman–Crippen LogP) is 1.60. The molecule has 1 heterocycles. The lowest BCUT2D eigenvalue weighted by Gasteiger charge is -2.14. The summed E-state index contributed by atoms with van der Waals surface area (Å²) in [4.78, 5) is 15.7. The lowest BCUT2D eigenvalue weighted by molar-refractivity contribution is -0.117. The Morgan fingerprint density at radius 2 is 1.87 bits per heavy atom. The molecular formula is C9H13BrN4O. The van der Waals surface area contributed by atoms with Crippen LogP contribution in [0.1, 0.15) is 25.2 Å². The smallest absolute Gasteiger partial charge is 0.249 e. The Kier molecular flexibility index (Phi) is 3.38. The normalized spacial score (nSPS) is 11.3. The number of nitrogens with one attached hydrogen (secondary N) is 1. The first kappa shape index (κ1) is 12.0. The molecule has 1 amide bonds. The first-order valence-electron chi connectivity index (χ1n) is 4.49. The van der Waals surface area contributed by atoms with Crippen molar-refractivity contribution in [3.63, 3.8) is 0 Å². The van der Waals surface area contributed by atoms with Crippen LogP contribution in [0.15, 0.2) is 0 Å². The van der Waals surface area contributed by atoms with Gasteiger partial charge in [0.1, 0.15) is 0 Å². The van der Waals surface area contributed by atoms with Gasteiger partial charge in [-0.1, -0.05) is 15.9 Å². The van der Waals surface area contributed by atoms with Crippen molar-refractivity contribution in [3.05, 3.63) is 11.4 Å². The molecule has 0 bridgehead atoms. The van der Waals surface area contributed by atoms with Crippen LogP contribution in [-0.4, -0.2) is 25.4 Å². The van der Waals surface area contributed by atoms with E-state index in [1.165, 1.54) is 0 Å². The lowest BCUT2D eigenvalue weighted by atomic mass is 10.2.